The van der Waals surface area contributed by atoms with Gasteiger partial charge < -0.3 is 21.3 Å². The molecule has 0 saturated carbocycles. The summed E-state index contributed by atoms with van der Waals surface area (Å²) in [5, 5.41) is 17.7. The Labute approximate surface area is 213 Å². The van der Waals surface area contributed by atoms with Crippen molar-refractivity contribution in [2.24, 2.45) is 5.14 Å². The molecule has 188 valence electrons. The molecule has 6 bridgehead atoms. The lowest BCUT2D eigenvalue weighted by atomic mass is 10.0. The lowest BCUT2D eigenvalue weighted by Gasteiger charge is -2.17. The van der Waals surface area contributed by atoms with Crippen LogP contribution in [0.3, 0.4) is 0 Å². The summed E-state index contributed by atoms with van der Waals surface area (Å²) in [6.07, 6.45) is 3.42. The van der Waals surface area contributed by atoms with Crippen molar-refractivity contribution < 1.29 is 13.2 Å². The number of benzene rings is 2. The van der Waals surface area contributed by atoms with Crippen molar-refractivity contribution in [3.8, 4) is 0 Å². The summed E-state index contributed by atoms with van der Waals surface area (Å²) in [6.45, 7) is 0.421. The summed E-state index contributed by atoms with van der Waals surface area (Å²) in [5.74, 6) is 0.871. The van der Waals surface area contributed by atoms with E-state index < -0.39 is 16.2 Å². The van der Waals surface area contributed by atoms with Gasteiger partial charge in [0.1, 0.15) is 5.02 Å². The number of hydrogen-bond acceptors (Lipinski definition) is 7. The minimum atomic E-state index is -3.77. The zero-order chi connectivity index (χ0) is 25.3. The normalized spacial score (nSPS) is 17.6. The number of rotatable bonds is 3. The van der Waals surface area contributed by atoms with Gasteiger partial charge in [-0.1, -0.05) is 23.7 Å². The maximum absolute atomic E-state index is 12.7. The maximum atomic E-state index is 12.7. The number of anilines is 5. The van der Waals surface area contributed by atoms with Gasteiger partial charge in [-0.15, -0.1) is 0 Å². The van der Waals surface area contributed by atoms with Crippen molar-refractivity contribution in [1.82, 2.24) is 19.6 Å². The van der Waals surface area contributed by atoms with Gasteiger partial charge in [-0.2, -0.15) is 17.7 Å². The Kier molecular flexibility index (Phi) is 6.67. The number of carbonyl (C=O) groups is 1. The Morgan fingerprint density at radius 3 is 2.78 bits per heavy atom. The summed E-state index contributed by atoms with van der Waals surface area (Å²) >= 11 is 6.32. The second-order valence-corrected chi connectivity index (χ2v) is 10.7. The van der Waals surface area contributed by atoms with Crippen LogP contribution in [0.4, 0.5) is 33.6 Å². The smallest absolute Gasteiger partial charge is 0.319 e. The number of carbonyl (C=O) groups excluding carboxylic acids is 1. The van der Waals surface area contributed by atoms with Crippen LogP contribution in [0.15, 0.2) is 48.7 Å². The van der Waals surface area contributed by atoms with Gasteiger partial charge in [0.25, 0.3) is 10.2 Å². The lowest BCUT2D eigenvalue weighted by Crippen LogP contribution is -2.42. The van der Waals surface area contributed by atoms with E-state index >= 15 is 0 Å². The molecule has 1 saturated heterocycles. The molecule has 0 aliphatic carbocycles. The molecule has 36 heavy (non-hydrogen) atoms. The highest BCUT2D eigenvalue weighted by molar-refractivity contribution is 7.86. The number of fused-ring (bicyclic) bond motifs is 6. The quantitative estimate of drug-likeness (QED) is 0.350. The third kappa shape index (κ3) is 5.68. The molecular formula is C23H25ClN8O3S. The number of halogens is 1. The second-order valence-electron chi connectivity index (χ2n) is 8.70. The molecule has 2 aliphatic heterocycles. The molecule has 3 heterocycles. The van der Waals surface area contributed by atoms with Crippen LogP contribution in [-0.4, -0.2) is 47.9 Å². The monoisotopic (exact) mass is 528 g/mol. The van der Waals surface area contributed by atoms with E-state index in [2.05, 4.69) is 31.2 Å². The third-order valence-electron chi connectivity index (χ3n) is 6.07. The minimum Gasteiger partial charge on any atom is -0.339 e. The topological polar surface area (TPSA) is 154 Å². The first-order valence-electron chi connectivity index (χ1n) is 11.4. The summed E-state index contributed by atoms with van der Waals surface area (Å²) in [5.41, 5.74) is 4.28. The van der Waals surface area contributed by atoms with Crippen LogP contribution < -0.4 is 26.4 Å². The Balaban J connectivity index is 1.38. The van der Waals surface area contributed by atoms with Crippen molar-refractivity contribution in [3.05, 3.63) is 64.8 Å². The number of aromatic nitrogens is 2. The van der Waals surface area contributed by atoms with Crippen molar-refractivity contribution in [2.75, 3.05) is 29.0 Å². The van der Waals surface area contributed by atoms with Gasteiger partial charge in [0.15, 0.2) is 5.82 Å². The number of urea groups is 1. The molecular weight excluding hydrogens is 504 g/mol. The van der Waals surface area contributed by atoms with E-state index in [0.29, 0.717) is 35.3 Å². The van der Waals surface area contributed by atoms with Crippen LogP contribution in [0, 0.1) is 0 Å². The van der Waals surface area contributed by atoms with Gasteiger partial charge in [-0.3, -0.25) is 0 Å². The van der Waals surface area contributed by atoms with E-state index in [1.54, 1.807) is 0 Å². The first-order valence-corrected chi connectivity index (χ1v) is 13.2. The molecule has 0 radical (unpaired) electrons. The van der Waals surface area contributed by atoms with Crippen LogP contribution in [0.5, 0.6) is 0 Å². The molecule has 5 rings (SSSR count). The zero-order valence-electron chi connectivity index (χ0n) is 19.2. The first kappa shape index (κ1) is 24.3. The van der Waals surface area contributed by atoms with E-state index in [-0.39, 0.29) is 19.1 Å². The van der Waals surface area contributed by atoms with E-state index in [1.807, 2.05) is 42.5 Å². The minimum absolute atomic E-state index is 0.147. The van der Waals surface area contributed by atoms with Crippen molar-refractivity contribution >= 4 is 56.7 Å². The summed E-state index contributed by atoms with van der Waals surface area (Å²) in [6, 6.07) is 12.8. The summed E-state index contributed by atoms with van der Waals surface area (Å²) in [7, 11) is -3.77. The second kappa shape index (κ2) is 9.90. The van der Waals surface area contributed by atoms with Gasteiger partial charge in [0, 0.05) is 36.2 Å². The Hall–Kier alpha value is -3.45. The molecule has 6 N–H and O–H groups in total. The van der Waals surface area contributed by atoms with E-state index in [4.69, 9.17) is 16.7 Å². The molecule has 2 aliphatic rings. The number of amides is 2. The van der Waals surface area contributed by atoms with E-state index in [1.165, 1.54) is 6.20 Å². The van der Waals surface area contributed by atoms with Crippen molar-refractivity contribution in [2.45, 2.75) is 25.3 Å². The number of nitrogens with two attached hydrogens (primary N) is 1. The Morgan fingerprint density at radius 2 is 1.97 bits per heavy atom. The number of aryl methyl sites for hydroxylation is 2. The highest BCUT2D eigenvalue weighted by Gasteiger charge is 2.30. The van der Waals surface area contributed by atoms with Gasteiger partial charge >= 0.3 is 6.03 Å². The van der Waals surface area contributed by atoms with Gasteiger partial charge in [-0.05, 0) is 60.7 Å². The van der Waals surface area contributed by atoms with Gasteiger partial charge in [-0.25, -0.2) is 14.9 Å². The first-order chi connectivity index (χ1) is 17.2. The van der Waals surface area contributed by atoms with E-state index in [9.17, 15) is 13.2 Å². The van der Waals surface area contributed by atoms with Crippen molar-refractivity contribution in [3.63, 3.8) is 0 Å². The zero-order valence-corrected chi connectivity index (χ0v) is 20.7. The molecule has 1 aromatic heterocycles. The summed E-state index contributed by atoms with van der Waals surface area (Å²) in [4.78, 5) is 21.5. The third-order valence-corrected chi connectivity index (χ3v) is 7.40. The number of nitrogens with zero attached hydrogens (tertiary/aromatic N) is 3. The molecule has 0 spiro atoms. The molecule has 13 heteroatoms. The highest BCUT2D eigenvalue weighted by atomic mass is 35.5. The highest BCUT2D eigenvalue weighted by Crippen LogP contribution is 2.29. The fourth-order valence-electron chi connectivity index (χ4n) is 4.29. The van der Waals surface area contributed by atoms with Gasteiger partial charge in [0.05, 0.1) is 6.20 Å². The van der Waals surface area contributed by atoms with Crippen LogP contribution in [-0.2, 0) is 23.1 Å². The average molecular weight is 529 g/mol. The molecule has 11 nitrogen and oxygen atoms in total. The molecule has 1 atom stereocenters. The van der Waals surface area contributed by atoms with Crippen molar-refractivity contribution in [1.29, 1.82) is 0 Å². The molecule has 2 amide bonds. The predicted molar refractivity (Wildman–Crippen MR) is 139 cm³/mol. The predicted octanol–water partition coefficient (Wildman–Crippen LogP) is 3.12. The molecule has 3 aromatic rings. The Morgan fingerprint density at radius 1 is 1.14 bits per heavy atom. The average Bonchev–Trinajstić information content (AvgIpc) is 3.30. The molecule has 1 fully saturated rings. The Bertz CT molecular complexity index is 1420. The molecule has 0 unspecified atom stereocenters. The van der Waals surface area contributed by atoms with Crippen LogP contribution in [0.2, 0.25) is 5.02 Å². The molecule has 2 aromatic carbocycles. The standard InChI is InChI=1S/C23H25ClN8O3S/c24-19-12-26-22-28-16-3-1-2-14(10-16)4-5-15-11-17(27-21(19)31-22)6-7-20(15)30-23(33)29-18-8-9-32(13-18)36(25,34)35/h1-3,6-7,10-12,18H,4-5,8-9,13H2,(H2,25,34,35)(H2,29,30,33)(H2,26,27,28,31)/t18-/m1/s1. The fourth-order valence-corrected chi connectivity index (χ4v) is 5.17. The van der Waals surface area contributed by atoms with Crippen LogP contribution in [0.25, 0.3) is 0 Å². The fraction of sp³-hybridized carbons (Fsp3) is 0.261. The van der Waals surface area contributed by atoms with Gasteiger partial charge in [0.2, 0.25) is 5.95 Å². The number of nitrogens with one attached hydrogen (secondary N) is 4. The van der Waals surface area contributed by atoms with Crippen LogP contribution in [0.1, 0.15) is 17.5 Å². The summed E-state index contributed by atoms with van der Waals surface area (Å²) < 4.78 is 24.2. The SMILES string of the molecule is NS(=O)(=O)N1CC[C@@H](NC(=O)Nc2ccc3cc2CCc2cccc(c2)Nc2ncc(Cl)c(n2)N3)C1. The number of hydrogen-bond donors (Lipinski definition) is 5. The van der Waals surface area contributed by atoms with Crippen LogP contribution >= 0.6 is 11.6 Å². The lowest BCUT2D eigenvalue weighted by molar-refractivity contribution is 0.248. The van der Waals surface area contributed by atoms with E-state index in [0.717, 1.165) is 33.2 Å². The largest absolute Gasteiger partial charge is 0.339 e. The maximum Gasteiger partial charge on any atom is 0.319 e.